The van der Waals surface area contributed by atoms with Gasteiger partial charge in [0.2, 0.25) is 0 Å². The first-order valence-corrected chi connectivity index (χ1v) is 5.61. The molecule has 1 aliphatic rings. The fourth-order valence-electron chi connectivity index (χ4n) is 2.08. The minimum atomic E-state index is -0.857. The molecule has 1 aliphatic carbocycles. The molecule has 7 heteroatoms. The molecule has 1 heterocycles. The highest BCUT2D eigenvalue weighted by molar-refractivity contribution is 5.69. The van der Waals surface area contributed by atoms with E-state index in [0.29, 0.717) is 5.82 Å². The quantitative estimate of drug-likeness (QED) is 0.610. The molecule has 7 nitrogen and oxygen atoms in total. The molecule has 0 unspecified atom stereocenters. The first-order chi connectivity index (χ1) is 8.51. The summed E-state index contributed by atoms with van der Waals surface area (Å²) in [6.45, 7) is 0. The number of nitrogens with zero attached hydrogens (tertiary/aromatic N) is 2. The highest BCUT2D eigenvalue weighted by Gasteiger charge is 2.39. The van der Waals surface area contributed by atoms with E-state index < -0.39 is 16.4 Å². The fraction of sp³-hybridized carbons (Fsp3) is 0.455. The van der Waals surface area contributed by atoms with Crippen molar-refractivity contribution in [2.24, 2.45) is 0 Å². The van der Waals surface area contributed by atoms with Crippen LogP contribution in [0, 0.1) is 10.1 Å². The van der Waals surface area contributed by atoms with Gasteiger partial charge in [-0.25, -0.2) is 4.98 Å². The summed E-state index contributed by atoms with van der Waals surface area (Å²) in [6.07, 6.45) is 3.73. The van der Waals surface area contributed by atoms with Gasteiger partial charge in [0.15, 0.2) is 0 Å². The van der Waals surface area contributed by atoms with Gasteiger partial charge in [0.25, 0.3) is 5.69 Å². The summed E-state index contributed by atoms with van der Waals surface area (Å²) < 4.78 is 0. The van der Waals surface area contributed by atoms with E-state index in [1.54, 1.807) is 0 Å². The predicted molar refractivity (Wildman–Crippen MR) is 63.3 cm³/mol. The second-order valence-corrected chi connectivity index (χ2v) is 4.49. The molecule has 0 spiro atoms. The number of nitro groups is 1. The van der Waals surface area contributed by atoms with Crippen LogP contribution in [0.1, 0.15) is 25.7 Å². The molecule has 1 saturated carbocycles. The summed E-state index contributed by atoms with van der Waals surface area (Å²) in [5, 5.41) is 22.4. The van der Waals surface area contributed by atoms with Crippen molar-refractivity contribution in [3.8, 4) is 0 Å². The summed E-state index contributed by atoms with van der Waals surface area (Å²) in [6, 6.07) is 2.85. The number of carboxylic acid groups (broad SMARTS) is 1. The van der Waals surface area contributed by atoms with Crippen LogP contribution in [0.4, 0.5) is 11.5 Å². The van der Waals surface area contributed by atoms with Crippen molar-refractivity contribution in [3.05, 3.63) is 28.4 Å². The van der Waals surface area contributed by atoms with Gasteiger partial charge in [0.05, 0.1) is 11.3 Å². The number of aliphatic carboxylic acids is 1. The molecule has 0 aliphatic heterocycles. The first kappa shape index (κ1) is 12.3. The SMILES string of the molecule is O=C(O)CC1(Nc2ccc([N+](=O)[O-])cn2)CCC1. The Kier molecular flexibility index (Phi) is 3.14. The van der Waals surface area contributed by atoms with Gasteiger partial charge in [-0.05, 0) is 25.3 Å². The molecule has 0 saturated heterocycles. The van der Waals surface area contributed by atoms with Crippen LogP contribution in [-0.2, 0) is 4.79 Å². The number of rotatable bonds is 5. The molecular weight excluding hydrogens is 238 g/mol. The van der Waals surface area contributed by atoms with Crippen LogP contribution in [0.15, 0.2) is 18.3 Å². The summed E-state index contributed by atoms with van der Waals surface area (Å²) in [5.74, 6) is -0.384. The average Bonchev–Trinajstić information content (AvgIpc) is 2.26. The van der Waals surface area contributed by atoms with Crippen molar-refractivity contribution in [1.82, 2.24) is 4.98 Å². The van der Waals surface area contributed by atoms with Gasteiger partial charge in [-0.2, -0.15) is 0 Å². The highest BCUT2D eigenvalue weighted by atomic mass is 16.6. The molecule has 1 fully saturated rings. The number of hydrogen-bond donors (Lipinski definition) is 2. The highest BCUT2D eigenvalue weighted by Crippen LogP contribution is 2.37. The number of carboxylic acids is 1. The van der Waals surface area contributed by atoms with Crippen molar-refractivity contribution in [2.45, 2.75) is 31.2 Å². The van der Waals surface area contributed by atoms with Crippen LogP contribution >= 0.6 is 0 Å². The van der Waals surface area contributed by atoms with Crippen molar-refractivity contribution >= 4 is 17.5 Å². The fourth-order valence-corrected chi connectivity index (χ4v) is 2.08. The molecule has 18 heavy (non-hydrogen) atoms. The number of anilines is 1. The number of nitrogens with one attached hydrogen (secondary N) is 1. The summed E-state index contributed by atoms with van der Waals surface area (Å²) in [4.78, 5) is 24.7. The van der Waals surface area contributed by atoms with Gasteiger partial charge < -0.3 is 10.4 Å². The number of hydrogen-bond acceptors (Lipinski definition) is 5. The molecular formula is C11H13N3O4. The molecule has 0 amide bonds. The Hall–Kier alpha value is -2.18. The third-order valence-electron chi connectivity index (χ3n) is 3.15. The smallest absolute Gasteiger partial charge is 0.305 e. The molecule has 2 rings (SSSR count). The van der Waals surface area contributed by atoms with Gasteiger partial charge in [-0.3, -0.25) is 14.9 Å². The van der Waals surface area contributed by atoms with Gasteiger partial charge in [-0.1, -0.05) is 0 Å². The Bertz CT molecular complexity index is 468. The zero-order chi connectivity index (χ0) is 13.2. The average molecular weight is 251 g/mol. The second-order valence-electron chi connectivity index (χ2n) is 4.49. The third-order valence-corrected chi connectivity index (χ3v) is 3.15. The molecule has 0 aromatic carbocycles. The molecule has 96 valence electrons. The second kappa shape index (κ2) is 4.59. The molecule has 0 bridgehead atoms. The lowest BCUT2D eigenvalue weighted by molar-refractivity contribution is -0.385. The van der Waals surface area contributed by atoms with E-state index >= 15 is 0 Å². The van der Waals surface area contributed by atoms with Crippen molar-refractivity contribution < 1.29 is 14.8 Å². The summed E-state index contributed by atoms with van der Waals surface area (Å²) in [5.41, 5.74) is -0.531. The molecule has 2 N–H and O–H groups in total. The lowest BCUT2D eigenvalue weighted by Crippen LogP contribution is -2.46. The van der Waals surface area contributed by atoms with Crippen LogP contribution in [0.3, 0.4) is 0 Å². The van der Waals surface area contributed by atoms with Crippen molar-refractivity contribution in [3.63, 3.8) is 0 Å². The standard InChI is InChI=1S/C11H13N3O4/c15-10(16)6-11(4-1-5-11)13-9-3-2-8(7-12-9)14(17)18/h2-3,7H,1,4-6H2,(H,12,13)(H,15,16). The molecule has 0 radical (unpaired) electrons. The van der Waals surface area contributed by atoms with E-state index in [1.165, 1.54) is 12.1 Å². The predicted octanol–water partition coefficient (Wildman–Crippen LogP) is 1.80. The van der Waals surface area contributed by atoms with Gasteiger partial charge in [-0.15, -0.1) is 0 Å². The molecule has 1 aromatic heterocycles. The lowest BCUT2D eigenvalue weighted by atomic mass is 9.74. The minimum absolute atomic E-state index is 0.0334. The van der Waals surface area contributed by atoms with E-state index in [0.717, 1.165) is 25.5 Å². The van der Waals surface area contributed by atoms with Crippen molar-refractivity contribution in [1.29, 1.82) is 0 Å². The molecule has 0 atom stereocenters. The normalized spacial score (nSPS) is 16.7. The van der Waals surface area contributed by atoms with Gasteiger partial charge in [0, 0.05) is 11.6 Å². The largest absolute Gasteiger partial charge is 0.481 e. The van der Waals surface area contributed by atoms with E-state index in [-0.39, 0.29) is 12.1 Å². The van der Waals surface area contributed by atoms with Crippen LogP contribution in [0.5, 0.6) is 0 Å². The lowest BCUT2D eigenvalue weighted by Gasteiger charge is -2.41. The maximum absolute atomic E-state index is 10.8. The van der Waals surface area contributed by atoms with Crippen LogP contribution in [0.2, 0.25) is 0 Å². The summed E-state index contributed by atoms with van der Waals surface area (Å²) in [7, 11) is 0. The zero-order valence-electron chi connectivity index (χ0n) is 9.63. The van der Waals surface area contributed by atoms with Gasteiger partial charge >= 0.3 is 5.97 Å². The summed E-state index contributed by atoms with van der Waals surface area (Å²) >= 11 is 0. The minimum Gasteiger partial charge on any atom is -0.481 e. The number of carbonyl (C=O) groups is 1. The third kappa shape index (κ3) is 2.55. The van der Waals surface area contributed by atoms with E-state index in [4.69, 9.17) is 5.11 Å². The Morgan fingerprint density at radius 3 is 2.67 bits per heavy atom. The van der Waals surface area contributed by atoms with E-state index in [9.17, 15) is 14.9 Å². The zero-order valence-corrected chi connectivity index (χ0v) is 9.63. The first-order valence-electron chi connectivity index (χ1n) is 5.61. The van der Waals surface area contributed by atoms with Crippen LogP contribution in [0.25, 0.3) is 0 Å². The van der Waals surface area contributed by atoms with Crippen molar-refractivity contribution in [2.75, 3.05) is 5.32 Å². The number of pyridine rings is 1. The Labute approximate surface area is 103 Å². The number of aromatic nitrogens is 1. The molecule has 1 aromatic rings. The Morgan fingerprint density at radius 1 is 1.56 bits per heavy atom. The Morgan fingerprint density at radius 2 is 2.28 bits per heavy atom. The maximum atomic E-state index is 10.8. The van der Waals surface area contributed by atoms with Crippen LogP contribution in [-0.4, -0.2) is 26.5 Å². The topological polar surface area (TPSA) is 105 Å². The monoisotopic (exact) mass is 251 g/mol. The maximum Gasteiger partial charge on any atom is 0.305 e. The van der Waals surface area contributed by atoms with E-state index in [1.807, 2.05) is 0 Å². The van der Waals surface area contributed by atoms with E-state index in [2.05, 4.69) is 10.3 Å². The van der Waals surface area contributed by atoms with Gasteiger partial charge in [0.1, 0.15) is 12.0 Å². The Balaban J connectivity index is 2.08. The van der Waals surface area contributed by atoms with Crippen LogP contribution < -0.4 is 5.32 Å².